The second-order valence-electron chi connectivity index (χ2n) is 4.90. The molecule has 5 nitrogen and oxygen atoms in total. The van der Waals surface area contributed by atoms with Crippen molar-refractivity contribution >= 4 is 23.2 Å². The zero-order valence-electron chi connectivity index (χ0n) is 11.7. The van der Waals surface area contributed by atoms with Gasteiger partial charge in [-0.3, -0.25) is 9.59 Å². The molecule has 0 unspecified atom stereocenters. The van der Waals surface area contributed by atoms with Crippen molar-refractivity contribution in [1.82, 2.24) is 0 Å². The third-order valence-electron chi connectivity index (χ3n) is 3.55. The van der Waals surface area contributed by atoms with Crippen molar-refractivity contribution in [2.45, 2.75) is 6.92 Å². The molecule has 106 valence electrons. The Morgan fingerprint density at radius 2 is 1.71 bits per heavy atom. The summed E-state index contributed by atoms with van der Waals surface area (Å²) < 4.78 is 5.19. The number of nitrogens with zero attached hydrogens (tertiary/aromatic N) is 1. The van der Waals surface area contributed by atoms with Crippen molar-refractivity contribution in [2.24, 2.45) is 0 Å². The van der Waals surface area contributed by atoms with Gasteiger partial charge in [0.05, 0.1) is 23.9 Å². The lowest BCUT2D eigenvalue weighted by molar-refractivity contribution is 0.0926. The lowest BCUT2D eigenvalue weighted by Gasteiger charge is -2.15. The van der Waals surface area contributed by atoms with Gasteiger partial charge < -0.3 is 10.5 Å². The number of imide groups is 1. The number of nitrogens with two attached hydrogens (primary N) is 1. The van der Waals surface area contributed by atoms with Crippen LogP contribution in [-0.2, 0) is 0 Å². The summed E-state index contributed by atoms with van der Waals surface area (Å²) in [6.07, 6.45) is 0. The molecule has 2 aromatic rings. The quantitative estimate of drug-likeness (QED) is 0.678. The largest absolute Gasteiger partial charge is 0.496 e. The predicted octanol–water partition coefficient (Wildman–Crippen LogP) is 2.39. The highest BCUT2D eigenvalue weighted by atomic mass is 16.5. The van der Waals surface area contributed by atoms with E-state index in [0.717, 1.165) is 10.5 Å². The van der Waals surface area contributed by atoms with Gasteiger partial charge in [-0.25, -0.2) is 4.90 Å². The van der Waals surface area contributed by atoms with Crippen LogP contribution in [0, 0.1) is 6.92 Å². The third kappa shape index (κ3) is 1.94. The minimum atomic E-state index is -0.355. The Hall–Kier alpha value is -2.82. The Balaban J connectivity index is 2.07. The molecule has 0 atom stereocenters. The molecule has 0 spiro atoms. The zero-order chi connectivity index (χ0) is 15.1. The highest BCUT2D eigenvalue weighted by Gasteiger charge is 2.36. The van der Waals surface area contributed by atoms with E-state index in [2.05, 4.69) is 0 Å². The van der Waals surface area contributed by atoms with Crippen LogP contribution in [0.3, 0.4) is 0 Å². The number of nitrogen functional groups attached to an aromatic ring is 1. The minimum absolute atomic E-state index is 0.334. The Morgan fingerprint density at radius 3 is 2.38 bits per heavy atom. The number of amides is 2. The second-order valence-corrected chi connectivity index (χ2v) is 4.90. The number of benzene rings is 2. The van der Waals surface area contributed by atoms with Gasteiger partial charge in [-0.2, -0.15) is 0 Å². The van der Waals surface area contributed by atoms with E-state index in [4.69, 9.17) is 10.5 Å². The minimum Gasteiger partial charge on any atom is -0.496 e. The average molecular weight is 282 g/mol. The van der Waals surface area contributed by atoms with Crippen molar-refractivity contribution in [1.29, 1.82) is 0 Å². The molecule has 0 bridgehead atoms. The first kappa shape index (κ1) is 13.2. The van der Waals surface area contributed by atoms with E-state index < -0.39 is 0 Å². The molecular formula is C16H14N2O3. The summed E-state index contributed by atoms with van der Waals surface area (Å²) in [7, 11) is 1.58. The van der Waals surface area contributed by atoms with Gasteiger partial charge in [0, 0.05) is 5.69 Å². The molecule has 0 saturated heterocycles. The number of hydrogen-bond acceptors (Lipinski definition) is 4. The molecule has 5 heteroatoms. The zero-order valence-corrected chi connectivity index (χ0v) is 11.7. The number of ether oxygens (including phenoxy) is 1. The maximum absolute atomic E-state index is 12.4. The summed E-state index contributed by atoms with van der Waals surface area (Å²) in [6, 6.07) is 9.92. The number of fused-ring (bicyclic) bond motifs is 1. The first-order chi connectivity index (χ1) is 10.0. The Bertz CT molecular complexity index is 768. The van der Waals surface area contributed by atoms with Gasteiger partial charge in [0.2, 0.25) is 0 Å². The maximum atomic E-state index is 12.4. The summed E-state index contributed by atoms with van der Waals surface area (Å²) in [5, 5.41) is 0. The fourth-order valence-corrected chi connectivity index (χ4v) is 2.49. The normalized spacial score (nSPS) is 13.5. The number of aryl methyl sites for hydroxylation is 1. The summed E-state index contributed by atoms with van der Waals surface area (Å²) in [4.78, 5) is 26.0. The Kier molecular flexibility index (Phi) is 2.90. The van der Waals surface area contributed by atoms with Crippen molar-refractivity contribution in [3.05, 3.63) is 53.1 Å². The number of hydrogen-bond donors (Lipinski definition) is 1. The van der Waals surface area contributed by atoms with Crippen LogP contribution in [0.15, 0.2) is 36.4 Å². The SMILES string of the molecule is COc1ccc(N2C(=O)c3ccc(N)cc3C2=O)cc1C. The lowest BCUT2D eigenvalue weighted by atomic mass is 10.1. The van der Waals surface area contributed by atoms with Crippen LogP contribution in [0.1, 0.15) is 26.3 Å². The van der Waals surface area contributed by atoms with Crippen molar-refractivity contribution < 1.29 is 14.3 Å². The number of rotatable bonds is 2. The monoisotopic (exact) mass is 282 g/mol. The van der Waals surface area contributed by atoms with Crippen LogP contribution >= 0.6 is 0 Å². The molecule has 1 heterocycles. The number of carbonyl (C=O) groups excluding carboxylic acids is 2. The first-order valence-corrected chi connectivity index (χ1v) is 6.46. The van der Waals surface area contributed by atoms with Crippen LogP contribution < -0.4 is 15.4 Å². The fraction of sp³-hybridized carbons (Fsp3) is 0.125. The van der Waals surface area contributed by atoms with Gasteiger partial charge >= 0.3 is 0 Å². The van der Waals surface area contributed by atoms with Crippen LogP contribution in [-0.4, -0.2) is 18.9 Å². The second kappa shape index (κ2) is 4.63. The van der Waals surface area contributed by atoms with E-state index in [-0.39, 0.29) is 11.8 Å². The van der Waals surface area contributed by atoms with Gasteiger partial charge in [0.15, 0.2) is 0 Å². The van der Waals surface area contributed by atoms with E-state index in [9.17, 15) is 9.59 Å². The fourth-order valence-electron chi connectivity index (χ4n) is 2.49. The molecule has 2 amide bonds. The van der Waals surface area contributed by atoms with Crippen molar-refractivity contribution in [3.63, 3.8) is 0 Å². The van der Waals surface area contributed by atoms with Crippen LogP contribution in [0.25, 0.3) is 0 Å². The van der Waals surface area contributed by atoms with Crippen LogP contribution in [0.2, 0.25) is 0 Å². The molecule has 1 aliphatic heterocycles. The van der Waals surface area contributed by atoms with E-state index in [0.29, 0.717) is 28.3 Å². The van der Waals surface area contributed by atoms with Crippen molar-refractivity contribution in [3.8, 4) is 5.75 Å². The Morgan fingerprint density at radius 1 is 1.00 bits per heavy atom. The molecule has 2 aromatic carbocycles. The van der Waals surface area contributed by atoms with E-state index in [1.54, 1.807) is 37.4 Å². The van der Waals surface area contributed by atoms with Gasteiger partial charge in [0.25, 0.3) is 11.8 Å². The van der Waals surface area contributed by atoms with E-state index in [1.165, 1.54) is 6.07 Å². The molecule has 2 N–H and O–H groups in total. The molecule has 0 radical (unpaired) electrons. The number of methoxy groups -OCH3 is 1. The summed E-state index contributed by atoms with van der Waals surface area (Å²) in [5.74, 6) is 0.0195. The highest BCUT2D eigenvalue weighted by Crippen LogP contribution is 2.32. The highest BCUT2D eigenvalue weighted by molar-refractivity contribution is 6.34. The summed E-state index contributed by atoms with van der Waals surface area (Å²) >= 11 is 0. The van der Waals surface area contributed by atoms with Gasteiger partial charge in [-0.15, -0.1) is 0 Å². The molecule has 1 aliphatic rings. The summed E-state index contributed by atoms with van der Waals surface area (Å²) in [5.41, 5.74) is 8.24. The molecule has 3 rings (SSSR count). The molecular weight excluding hydrogens is 268 g/mol. The first-order valence-electron chi connectivity index (χ1n) is 6.46. The maximum Gasteiger partial charge on any atom is 0.266 e. The lowest BCUT2D eigenvalue weighted by Crippen LogP contribution is -2.29. The smallest absolute Gasteiger partial charge is 0.266 e. The average Bonchev–Trinajstić information content (AvgIpc) is 2.70. The standard InChI is InChI=1S/C16H14N2O3/c1-9-7-11(4-6-14(9)21-2)18-15(19)12-5-3-10(17)8-13(12)16(18)20/h3-8H,17H2,1-2H3. The topological polar surface area (TPSA) is 72.6 Å². The predicted molar refractivity (Wildman–Crippen MR) is 79.7 cm³/mol. The van der Waals surface area contributed by atoms with E-state index >= 15 is 0 Å². The van der Waals surface area contributed by atoms with Gasteiger partial charge in [0.1, 0.15) is 5.75 Å². The number of carbonyl (C=O) groups is 2. The Labute approximate surface area is 121 Å². The van der Waals surface area contributed by atoms with Crippen LogP contribution in [0.4, 0.5) is 11.4 Å². The van der Waals surface area contributed by atoms with E-state index in [1.807, 2.05) is 6.92 Å². The molecule has 0 saturated carbocycles. The molecule has 0 aromatic heterocycles. The van der Waals surface area contributed by atoms with Crippen molar-refractivity contribution in [2.75, 3.05) is 17.7 Å². The van der Waals surface area contributed by atoms with Gasteiger partial charge in [-0.1, -0.05) is 0 Å². The molecule has 21 heavy (non-hydrogen) atoms. The number of anilines is 2. The van der Waals surface area contributed by atoms with Crippen LogP contribution in [0.5, 0.6) is 5.75 Å². The molecule has 0 aliphatic carbocycles. The van der Waals surface area contributed by atoms with Gasteiger partial charge in [-0.05, 0) is 48.9 Å². The molecule has 0 fully saturated rings. The summed E-state index contributed by atoms with van der Waals surface area (Å²) in [6.45, 7) is 1.86. The third-order valence-corrected chi connectivity index (χ3v) is 3.55.